The maximum Gasteiger partial charge on any atom is 0.495 e. The van der Waals surface area contributed by atoms with Gasteiger partial charge in [0, 0.05) is 0 Å². The molecule has 5 heteroatoms. The van der Waals surface area contributed by atoms with Gasteiger partial charge in [0.15, 0.2) is 0 Å². The van der Waals surface area contributed by atoms with E-state index in [9.17, 15) is 4.39 Å². The molecular weight excluding hydrogens is 162 g/mol. The van der Waals surface area contributed by atoms with Crippen LogP contribution in [0.1, 0.15) is 8.22 Å². The first-order valence-corrected chi connectivity index (χ1v) is 2.90. The van der Waals surface area contributed by atoms with Crippen molar-refractivity contribution >= 4 is 12.6 Å². The molecule has 12 heavy (non-hydrogen) atoms. The summed E-state index contributed by atoms with van der Waals surface area (Å²) in [7, 11) is -5.52. The maximum atomic E-state index is 13.6. The fraction of sp³-hybridized carbons (Fsp3) is 0.143. The first-order chi connectivity index (χ1) is 8.06. The van der Waals surface area contributed by atoms with Crippen molar-refractivity contribution in [2.24, 2.45) is 0 Å². The molecule has 0 radical (unpaired) electrons. The summed E-state index contributed by atoms with van der Waals surface area (Å²) in [5, 5.41) is 17.9. The van der Waals surface area contributed by atoms with E-state index in [1.165, 1.54) is 0 Å². The molecule has 0 amide bonds. The summed E-state index contributed by atoms with van der Waals surface area (Å²) < 4.78 is 60.1. The lowest BCUT2D eigenvalue weighted by Gasteiger charge is -2.07. The van der Waals surface area contributed by atoms with E-state index in [4.69, 9.17) is 18.3 Å². The van der Waals surface area contributed by atoms with Gasteiger partial charge in [0.25, 0.3) is 0 Å². The summed E-state index contributed by atoms with van der Waals surface area (Å²) in [5.74, 6) is -2.49. The Morgan fingerprint density at radius 3 is 3.00 bits per heavy atom. The molecule has 1 rings (SSSR count). The third kappa shape index (κ3) is 1.57. The van der Waals surface area contributed by atoms with E-state index in [1.54, 1.807) is 0 Å². The van der Waals surface area contributed by atoms with Crippen molar-refractivity contribution in [3.05, 3.63) is 23.9 Å². The number of benzene rings is 1. The number of halogens is 1. The predicted octanol–water partition coefficient (Wildman–Crippen LogP) is -0.486. The van der Waals surface area contributed by atoms with Crippen LogP contribution in [0.3, 0.4) is 0 Å². The Labute approximate surface area is 78.0 Å². The van der Waals surface area contributed by atoms with Gasteiger partial charge in [0.1, 0.15) is 11.6 Å². The van der Waals surface area contributed by atoms with Crippen molar-refractivity contribution in [3.8, 4) is 5.75 Å². The fourth-order valence-electron chi connectivity index (χ4n) is 0.688. The van der Waals surface area contributed by atoms with Crippen molar-refractivity contribution in [1.29, 1.82) is 0 Å². The van der Waals surface area contributed by atoms with Crippen LogP contribution in [0, 0.1) is 5.82 Å². The SMILES string of the molecule is [2H]c1c([2H])c(F)c(B(O)O)c(OC([2H])([2H])[2H])c1[2H]. The van der Waals surface area contributed by atoms with Crippen LogP contribution in [0.25, 0.3) is 0 Å². The minimum Gasteiger partial charge on any atom is -0.497 e. The van der Waals surface area contributed by atoms with Gasteiger partial charge >= 0.3 is 7.12 Å². The van der Waals surface area contributed by atoms with Crippen LogP contribution in [0.2, 0.25) is 0 Å². The third-order valence-electron chi connectivity index (χ3n) is 1.19. The maximum absolute atomic E-state index is 13.6. The van der Waals surface area contributed by atoms with Crippen molar-refractivity contribution in [3.63, 3.8) is 0 Å². The van der Waals surface area contributed by atoms with Crippen molar-refractivity contribution in [2.75, 3.05) is 7.04 Å². The standard InChI is InChI=1S/C7H8BFO3/c1-12-6-4-2-3-5(9)7(6)8(10)11/h2-4,10-11H,1H3/i1D3,2D,3D,4D. The van der Waals surface area contributed by atoms with Crippen LogP contribution in [-0.2, 0) is 0 Å². The molecule has 3 nitrogen and oxygen atoms in total. The highest BCUT2D eigenvalue weighted by Crippen LogP contribution is 2.08. The van der Waals surface area contributed by atoms with Gasteiger partial charge in [-0.05, 0) is 12.1 Å². The zero-order valence-electron chi connectivity index (χ0n) is 11.8. The van der Waals surface area contributed by atoms with Gasteiger partial charge in [-0.1, -0.05) is 6.04 Å². The molecule has 0 aliphatic heterocycles. The Bertz CT molecular complexity index is 477. The molecule has 0 atom stereocenters. The molecule has 2 N–H and O–H groups in total. The van der Waals surface area contributed by atoms with Gasteiger partial charge in [-0.25, -0.2) is 4.39 Å². The highest BCUT2D eigenvalue weighted by Gasteiger charge is 2.21. The molecule has 0 saturated carbocycles. The summed E-state index contributed by atoms with van der Waals surface area (Å²) in [5.41, 5.74) is -1.04. The van der Waals surface area contributed by atoms with E-state index in [0.29, 0.717) is 0 Å². The van der Waals surface area contributed by atoms with E-state index < -0.39 is 49.3 Å². The minimum atomic E-state index is -3.05. The third-order valence-corrected chi connectivity index (χ3v) is 1.19. The molecule has 0 spiro atoms. The molecule has 0 aliphatic carbocycles. The Balaban J connectivity index is 3.56. The Morgan fingerprint density at radius 1 is 1.67 bits per heavy atom. The van der Waals surface area contributed by atoms with E-state index in [0.717, 1.165) is 0 Å². The van der Waals surface area contributed by atoms with Gasteiger partial charge in [0.2, 0.25) is 0 Å². The van der Waals surface area contributed by atoms with Gasteiger partial charge < -0.3 is 14.8 Å². The first kappa shape index (κ1) is 3.76. The monoisotopic (exact) mass is 176 g/mol. The Kier molecular flexibility index (Phi) is 1.12. The van der Waals surface area contributed by atoms with Gasteiger partial charge in [-0.3, -0.25) is 0 Å². The molecule has 1 aromatic carbocycles. The zero-order valence-corrected chi connectivity index (χ0v) is 5.76. The average molecular weight is 176 g/mol. The average Bonchev–Trinajstić information content (AvgIpc) is 2.20. The lowest BCUT2D eigenvalue weighted by molar-refractivity contribution is 0.399. The number of ether oxygens (including phenoxy) is 1. The first-order valence-electron chi connectivity index (χ1n) is 5.90. The molecule has 0 aromatic heterocycles. The molecule has 1 aromatic rings. The van der Waals surface area contributed by atoms with Crippen molar-refractivity contribution in [1.82, 2.24) is 0 Å². The molecule has 0 aliphatic rings. The summed E-state index contributed by atoms with van der Waals surface area (Å²) >= 11 is 0. The van der Waals surface area contributed by atoms with Crippen LogP contribution in [0.5, 0.6) is 5.75 Å². The molecule has 0 fully saturated rings. The van der Waals surface area contributed by atoms with Crippen molar-refractivity contribution in [2.45, 2.75) is 0 Å². The lowest BCUT2D eigenvalue weighted by Crippen LogP contribution is -2.33. The summed E-state index contributed by atoms with van der Waals surface area (Å²) in [6.07, 6.45) is 0. The van der Waals surface area contributed by atoms with Crippen LogP contribution in [0.15, 0.2) is 18.1 Å². The predicted molar refractivity (Wildman–Crippen MR) is 42.8 cm³/mol. The zero-order chi connectivity index (χ0) is 14.2. The van der Waals surface area contributed by atoms with Crippen molar-refractivity contribution < 1.29 is 27.4 Å². The van der Waals surface area contributed by atoms with Crippen LogP contribution < -0.4 is 10.2 Å². The molecular formula is C7H8BFO3. The fourth-order valence-corrected chi connectivity index (χ4v) is 0.688. The smallest absolute Gasteiger partial charge is 0.495 e. The van der Waals surface area contributed by atoms with Crippen LogP contribution in [0.4, 0.5) is 4.39 Å². The topological polar surface area (TPSA) is 49.7 Å². The van der Waals surface area contributed by atoms with E-state index in [1.807, 2.05) is 0 Å². The Hall–Kier alpha value is -1.07. The number of rotatable bonds is 2. The second kappa shape index (κ2) is 3.56. The second-order valence-corrected chi connectivity index (χ2v) is 1.91. The van der Waals surface area contributed by atoms with Gasteiger partial charge in [-0.2, -0.15) is 0 Å². The van der Waals surface area contributed by atoms with Crippen LogP contribution in [-0.4, -0.2) is 24.2 Å². The second-order valence-electron chi connectivity index (χ2n) is 1.91. The van der Waals surface area contributed by atoms with Gasteiger partial charge in [-0.15, -0.1) is 0 Å². The summed E-state index contributed by atoms with van der Waals surface area (Å²) in [6.45, 7) is 0. The molecule has 0 unspecified atom stereocenters. The van der Waals surface area contributed by atoms with E-state index in [2.05, 4.69) is 4.74 Å². The quantitative estimate of drug-likeness (QED) is 0.598. The van der Waals surface area contributed by atoms with Gasteiger partial charge in [0.05, 0.1) is 20.7 Å². The normalized spacial score (nSPS) is 17.9. The summed E-state index contributed by atoms with van der Waals surface area (Å²) in [6, 6.07) is -2.85. The van der Waals surface area contributed by atoms with E-state index >= 15 is 0 Å². The molecule has 0 bridgehead atoms. The van der Waals surface area contributed by atoms with Crippen LogP contribution >= 0.6 is 0 Å². The number of hydrogen-bond donors (Lipinski definition) is 2. The minimum absolute atomic E-state index is 0.902. The summed E-state index contributed by atoms with van der Waals surface area (Å²) in [4.78, 5) is 0. The molecule has 64 valence electrons. The highest BCUT2D eigenvalue weighted by molar-refractivity contribution is 6.59. The number of methoxy groups -OCH3 is 1. The largest absolute Gasteiger partial charge is 0.497 e. The lowest BCUT2D eigenvalue weighted by atomic mass is 9.79. The Morgan fingerprint density at radius 2 is 2.42 bits per heavy atom. The molecule has 0 saturated heterocycles. The number of hydrogen-bond acceptors (Lipinski definition) is 3. The highest BCUT2D eigenvalue weighted by atomic mass is 19.1. The van der Waals surface area contributed by atoms with E-state index in [-0.39, 0.29) is 0 Å². The molecule has 0 heterocycles.